The van der Waals surface area contributed by atoms with E-state index in [4.69, 9.17) is 9.47 Å². The Labute approximate surface area is 111 Å². The molecule has 4 nitrogen and oxygen atoms in total. The third-order valence-corrected chi connectivity index (χ3v) is 2.48. The van der Waals surface area contributed by atoms with E-state index in [-0.39, 0.29) is 24.8 Å². The standard InChI is InChI=1S/C14H17FO4/c1-2-18-14(17)10-13(19-8-7-16)9-11-3-5-12(15)6-4-11/h3-7,13H,2,8-10H2,1H3. The minimum Gasteiger partial charge on any atom is -0.466 e. The summed E-state index contributed by atoms with van der Waals surface area (Å²) >= 11 is 0. The molecule has 0 aromatic heterocycles. The summed E-state index contributed by atoms with van der Waals surface area (Å²) in [5.41, 5.74) is 0.835. The fourth-order valence-electron chi connectivity index (χ4n) is 1.65. The van der Waals surface area contributed by atoms with Gasteiger partial charge in [-0.25, -0.2) is 4.39 Å². The van der Waals surface area contributed by atoms with Crippen LogP contribution in [0.1, 0.15) is 18.9 Å². The van der Waals surface area contributed by atoms with Crippen LogP contribution in [0.25, 0.3) is 0 Å². The van der Waals surface area contributed by atoms with Gasteiger partial charge in [-0.2, -0.15) is 0 Å². The van der Waals surface area contributed by atoms with Crippen LogP contribution in [-0.2, 0) is 25.5 Å². The summed E-state index contributed by atoms with van der Waals surface area (Å²) in [5, 5.41) is 0. The Bertz CT molecular complexity index is 402. The number of ether oxygens (including phenoxy) is 2. The zero-order chi connectivity index (χ0) is 14.1. The molecular formula is C14H17FO4. The van der Waals surface area contributed by atoms with E-state index in [0.717, 1.165) is 5.56 Å². The average Bonchev–Trinajstić information content (AvgIpc) is 2.39. The number of aldehydes is 1. The van der Waals surface area contributed by atoms with Crippen molar-refractivity contribution in [1.29, 1.82) is 0 Å². The number of carbonyl (C=O) groups excluding carboxylic acids is 2. The van der Waals surface area contributed by atoms with Crippen molar-refractivity contribution in [2.45, 2.75) is 25.9 Å². The molecule has 0 heterocycles. The molecule has 104 valence electrons. The van der Waals surface area contributed by atoms with Crippen LogP contribution in [0.5, 0.6) is 0 Å². The molecule has 0 saturated heterocycles. The first-order chi connectivity index (χ1) is 9.15. The number of halogens is 1. The fraction of sp³-hybridized carbons (Fsp3) is 0.429. The Morgan fingerprint density at radius 3 is 2.63 bits per heavy atom. The van der Waals surface area contributed by atoms with Crippen LogP contribution in [-0.4, -0.2) is 31.6 Å². The first kappa shape index (κ1) is 15.3. The highest BCUT2D eigenvalue weighted by molar-refractivity contribution is 5.70. The summed E-state index contributed by atoms with van der Waals surface area (Å²) < 4.78 is 22.9. The number of hydrogen-bond acceptors (Lipinski definition) is 4. The Hall–Kier alpha value is -1.75. The highest BCUT2D eigenvalue weighted by Crippen LogP contribution is 2.11. The second-order valence-electron chi connectivity index (χ2n) is 3.96. The van der Waals surface area contributed by atoms with Crippen LogP contribution in [0, 0.1) is 5.82 Å². The minimum absolute atomic E-state index is 0.0685. The molecule has 1 atom stereocenters. The zero-order valence-electron chi connectivity index (χ0n) is 10.8. The quantitative estimate of drug-likeness (QED) is 0.534. The van der Waals surface area contributed by atoms with E-state index in [1.54, 1.807) is 19.1 Å². The number of carbonyl (C=O) groups is 2. The second kappa shape index (κ2) is 8.37. The topological polar surface area (TPSA) is 52.6 Å². The lowest BCUT2D eigenvalue weighted by molar-refractivity contribution is -0.146. The SMILES string of the molecule is CCOC(=O)CC(Cc1ccc(F)cc1)OCC=O. The molecule has 0 bridgehead atoms. The van der Waals surface area contributed by atoms with E-state index in [2.05, 4.69) is 0 Å². The molecule has 5 heteroatoms. The van der Waals surface area contributed by atoms with Crippen molar-refractivity contribution in [2.24, 2.45) is 0 Å². The maximum Gasteiger partial charge on any atom is 0.308 e. The van der Waals surface area contributed by atoms with Gasteiger partial charge in [0.2, 0.25) is 0 Å². The van der Waals surface area contributed by atoms with E-state index < -0.39 is 6.10 Å². The van der Waals surface area contributed by atoms with Crippen molar-refractivity contribution in [3.05, 3.63) is 35.6 Å². The summed E-state index contributed by atoms with van der Waals surface area (Å²) in [6.45, 7) is 1.94. The Morgan fingerprint density at radius 2 is 2.05 bits per heavy atom. The van der Waals surface area contributed by atoms with Gasteiger partial charge in [-0.1, -0.05) is 12.1 Å². The van der Waals surface area contributed by atoms with Crippen LogP contribution < -0.4 is 0 Å². The molecule has 19 heavy (non-hydrogen) atoms. The van der Waals surface area contributed by atoms with Crippen LogP contribution in [0.3, 0.4) is 0 Å². The lowest BCUT2D eigenvalue weighted by Crippen LogP contribution is -2.22. The van der Waals surface area contributed by atoms with Gasteiger partial charge in [0.05, 0.1) is 19.1 Å². The van der Waals surface area contributed by atoms with E-state index in [0.29, 0.717) is 19.3 Å². The van der Waals surface area contributed by atoms with E-state index >= 15 is 0 Å². The fourth-order valence-corrected chi connectivity index (χ4v) is 1.65. The summed E-state index contributed by atoms with van der Waals surface area (Å²) in [6, 6.07) is 5.93. The Balaban J connectivity index is 2.59. The normalized spacial score (nSPS) is 11.9. The maximum atomic E-state index is 12.8. The first-order valence-corrected chi connectivity index (χ1v) is 6.11. The first-order valence-electron chi connectivity index (χ1n) is 6.11. The van der Waals surface area contributed by atoms with Gasteiger partial charge >= 0.3 is 5.97 Å². The van der Waals surface area contributed by atoms with Crippen molar-refractivity contribution < 1.29 is 23.5 Å². The molecule has 0 radical (unpaired) electrons. The average molecular weight is 268 g/mol. The largest absolute Gasteiger partial charge is 0.466 e. The van der Waals surface area contributed by atoms with E-state index in [9.17, 15) is 14.0 Å². The second-order valence-corrected chi connectivity index (χ2v) is 3.96. The van der Waals surface area contributed by atoms with Gasteiger partial charge in [-0.15, -0.1) is 0 Å². The van der Waals surface area contributed by atoms with Crippen molar-refractivity contribution in [3.63, 3.8) is 0 Å². The molecule has 1 unspecified atom stereocenters. The number of rotatable bonds is 8. The highest BCUT2D eigenvalue weighted by atomic mass is 19.1. The molecule has 0 aliphatic carbocycles. The lowest BCUT2D eigenvalue weighted by atomic mass is 10.1. The summed E-state index contributed by atoms with van der Waals surface area (Å²) in [6.07, 6.45) is 0.671. The zero-order valence-corrected chi connectivity index (χ0v) is 10.8. The van der Waals surface area contributed by atoms with Crippen molar-refractivity contribution in [1.82, 2.24) is 0 Å². The molecule has 1 rings (SSSR count). The molecule has 0 aliphatic heterocycles. The lowest BCUT2D eigenvalue weighted by Gasteiger charge is -2.15. The number of esters is 1. The number of benzene rings is 1. The molecule has 0 spiro atoms. The Kier molecular flexibility index (Phi) is 6.74. The summed E-state index contributed by atoms with van der Waals surface area (Å²) in [5.74, 6) is -0.694. The summed E-state index contributed by atoms with van der Waals surface area (Å²) in [7, 11) is 0. The smallest absolute Gasteiger partial charge is 0.308 e. The molecule has 1 aromatic rings. The van der Waals surface area contributed by atoms with Crippen molar-refractivity contribution in [2.75, 3.05) is 13.2 Å². The van der Waals surface area contributed by atoms with Gasteiger partial charge in [-0.05, 0) is 31.0 Å². The van der Waals surface area contributed by atoms with Crippen LogP contribution in [0.2, 0.25) is 0 Å². The number of hydrogen-bond donors (Lipinski definition) is 0. The van der Waals surface area contributed by atoms with Crippen LogP contribution >= 0.6 is 0 Å². The van der Waals surface area contributed by atoms with Crippen molar-refractivity contribution >= 4 is 12.3 Å². The molecule has 0 amide bonds. The minimum atomic E-state index is -0.449. The highest BCUT2D eigenvalue weighted by Gasteiger charge is 2.16. The van der Waals surface area contributed by atoms with Gasteiger partial charge in [0, 0.05) is 0 Å². The third kappa shape index (κ3) is 6.10. The molecule has 1 aromatic carbocycles. The van der Waals surface area contributed by atoms with Crippen molar-refractivity contribution in [3.8, 4) is 0 Å². The van der Waals surface area contributed by atoms with Gasteiger partial charge in [0.1, 0.15) is 18.7 Å². The predicted molar refractivity (Wildman–Crippen MR) is 67.2 cm³/mol. The maximum absolute atomic E-state index is 12.8. The third-order valence-electron chi connectivity index (χ3n) is 2.48. The molecule has 0 fully saturated rings. The van der Waals surface area contributed by atoms with Gasteiger partial charge in [-0.3, -0.25) is 4.79 Å². The molecular weight excluding hydrogens is 251 g/mol. The predicted octanol–water partition coefficient (Wildman–Crippen LogP) is 1.91. The van der Waals surface area contributed by atoms with Crippen LogP contribution in [0.4, 0.5) is 4.39 Å². The van der Waals surface area contributed by atoms with Crippen LogP contribution in [0.15, 0.2) is 24.3 Å². The van der Waals surface area contributed by atoms with E-state index in [1.807, 2.05) is 0 Å². The van der Waals surface area contributed by atoms with Gasteiger partial charge < -0.3 is 14.3 Å². The van der Waals surface area contributed by atoms with Gasteiger partial charge in [0.25, 0.3) is 0 Å². The summed E-state index contributed by atoms with van der Waals surface area (Å²) in [4.78, 5) is 21.7. The van der Waals surface area contributed by atoms with E-state index in [1.165, 1.54) is 12.1 Å². The van der Waals surface area contributed by atoms with Gasteiger partial charge in [0.15, 0.2) is 0 Å². The molecule has 0 saturated carbocycles. The Morgan fingerprint density at radius 1 is 1.37 bits per heavy atom. The monoisotopic (exact) mass is 268 g/mol. The molecule has 0 N–H and O–H groups in total. The molecule has 0 aliphatic rings.